The first-order chi connectivity index (χ1) is 7.79. The Morgan fingerprint density at radius 1 is 1.31 bits per heavy atom. The number of aromatic nitrogens is 1. The molecule has 0 fully saturated rings. The molecule has 2 aromatic rings. The Labute approximate surface area is 113 Å². The number of benzene rings is 1. The number of likely N-dealkylation sites (N-methyl/N-ethyl adjacent to an activating group) is 1. The smallest absolute Gasteiger partial charge is 0.0945 e. The predicted molar refractivity (Wildman–Crippen MR) is 77.9 cm³/mol. The Kier molecular flexibility index (Phi) is 4.31. The molecule has 1 N–H and O–H groups in total. The molecule has 0 aliphatic heterocycles. The van der Waals surface area contributed by atoms with Crippen molar-refractivity contribution in [3.63, 3.8) is 0 Å². The Balaban J connectivity index is 2.15. The Bertz CT molecular complexity index is 450. The van der Waals surface area contributed by atoms with E-state index in [0.29, 0.717) is 0 Å². The molecule has 1 aromatic carbocycles. The number of hydrogen-bond acceptors (Lipinski definition) is 3. The third-order valence-corrected chi connectivity index (χ3v) is 3.91. The van der Waals surface area contributed by atoms with Crippen LogP contribution in [0.1, 0.15) is 5.01 Å². The molecule has 1 aromatic heterocycles. The highest BCUT2D eigenvalue weighted by molar-refractivity contribution is 14.1. The summed E-state index contributed by atoms with van der Waals surface area (Å²) in [6.45, 7) is 0.986. The molecular formula is C12H13IN2S. The van der Waals surface area contributed by atoms with Gasteiger partial charge in [0.25, 0.3) is 0 Å². The van der Waals surface area contributed by atoms with Gasteiger partial charge < -0.3 is 5.32 Å². The lowest BCUT2D eigenvalue weighted by atomic mass is 10.2. The minimum absolute atomic E-state index is 0.986. The molecule has 0 aliphatic rings. The van der Waals surface area contributed by atoms with E-state index in [4.69, 9.17) is 0 Å². The van der Waals surface area contributed by atoms with Crippen LogP contribution in [-0.4, -0.2) is 18.6 Å². The summed E-state index contributed by atoms with van der Waals surface area (Å²) in [5.41, 5.74) is 2.29. The maximum Gasteiger partial charge on any atom is 0.0945 e. The summed E-state index contributed by atoms with van der Waals surface area (Å²) >= 11 is 4.05. The Morgan fingerprint density at radius 3 is 2.75 bits per heavy atom. The lowest BCUT2D eigenvalue weighted by Crippen LogP contribution is -2.09. The molecule has 2 rings (SSSR count). The minimum atomic E-state index is 0.986. The van der Waals surface area contributed by atoms with Gasteiger partial charge in [0.15, 0.2) is 0 Å². The molecule has 0 atom stereocenters. The van der Waals surface area contributed by atoms with Gasteiger partial charge in [-0.3, -0.25) is 0 Å². The first-order valence-electron chi connectivity index (χ1n) is 5.14. The van der Waals surface area contributed by atoms with Gasteiger partial charge >= 0.3 is 0 Å². The number of rotatable bonds is 4. The summed E-state index contributed by atoms with van der Waals surface area (Å²) < 4.78 is 1.26. The quantitative estimate of drug-likeness (QED) is 0.862. The minimum Gasteiger partial charge on any atom is -0.319 e. The standard InChI is InChI=1S/C12H13IN2S/c1-14-7-6-12-15-11(8-16-12)9-2-4-10(13)5-3-9/h2-5,8,14H,6-7H2,1H3. The topological polar surface area (TPSA) is 24.9 Å². The van der Waals surface area contributed by atoms with Crippen molar-refractivity contribution in [1.82, 2.24) is 10.3 Å². The van der Waals surface area contributed by atoms with Crippen molar-refractivity contribution in [3.8, 4) is 11.3 Å². The van der Waals surface area contributed by atoms with Crippen LogP contribution in [-0.2, 0) is 6.42 Å². The number of thiazole rings is 1. The van der Waals surface area contributed by atoms with Crippen molar-refractivity contribution >= 4 is 33.9 Å². The van der Waals surface area contributed by atoms with Gasteiger partial charge in [0.1, 0.15) is 0 Å². The maximum absolute atomic E-state index is 4.62. The molecule has 4 heteroatoms. The highest BCUT2D eigenvalue weighted by atomic mass is 127. The first kappa shape index (κ1) is 12.0. The van der Waals surface area contributed by atoms with Gasteiger partial charge in [-0.1, -0.05) is 12.1 Å². The van der Waals surface area contributed by atoms with Crippen LogP contribution >= 0.6 is 33.9 Å². The van der Waals surface area contributed by atoms with Gasteiger partial charge in [0, 0.05) is 27.5 Å². The van der Waals surface area contributed by atoms with Gasteiger partial charge in [-0.05, 0) is 41.8 Å². The summed E-state index contributed by atoms with van der Waals surface area (Å²) in [5, 5.41) is 6.47. The normalized spacial score (nSPS) is 10.6. The zero-order valence-electron chi connectivity index (χ0n) is 9.03. The molecular weight excluding hydrogens is 331 g/mol. The number of halogens is 1. The molecule has 0 spiro atoms. The highest BCUT2D eigenvalue weighted by Gasteiger charge is 2.03. The Hall–Kier alpha value is -0.460. The van der Waals surface area contributed by atoms with E-state index in [-0.39, 0.29) is 0 Å². The summed E-state index contributed by atoms with van der Waals surface area (Å²) in [5.74, 6) is 0. The van der Waals surface area contributed by atoms with E-state index < -0.39 is 0 Å². The number of nitrogens with zero attached hydrogens (tertiary/aromatic N) is 1. The number of nitrogens with one attached hydrogen (secondary N) is 1. The van der Waals surface area contributed by atoms with Crippen LogP contribution in [0.25, 0.3) is 11.3 Å². The largest absolute Gasteiger partial charge is 0.319 e. The molecule has 16 heavy (non-hydrogen) atoms. The van der Waals surface area contributed by atoms with Crippen LogP contribution < -0.4 is 5.32 Å². The molecule has 0 aliphatic carbocycles. The predicted octanol–water partition coefficient (Wildman–Crippen LogP) is 3.18. The highest BCUT2D eigenvalue weighted by Crippen LogP contribution is 2.22. The fourth-order valence-electron chi connectivity index (χ4n) is 1.41. The fraction of sp³-hybridized carbons (Fsp3) is 0.250. The fourth-order valence-corrected chi connectivity index (χ4v) is 2.58. The molecule has 0 radical (unpaired) electrons. The average Bonchev–Trinajstić information content (AvgIpc) is 2.76. The SMILES string of the molecule is CNCCc1nc(-c2ccc(I)cc2)cs1. The molecule has 0 amide bonds. The third kappa shape index (κ3) is 3.02. The zero-order chi connectivity index (χ0) is 11.4. The van der Waals surface area contributed by atoms with Crippen LogP contribution in [0.15, 0.2) is 29.6 Å². The second kappa shape index (κ2) is 5.75. The molecule has 84 valence electrons. The van der Waals surface area contributed by atoms with Crippen LogP contribution in [0, 0.1) is 3.57 Å². The van der Waals surface area contributed by atoms with Crippen molar-refractivity contribution in [1.29, 1.82) is 0 Å². The molecule has 1 heterocycles. The van der Waals surface area contributed by atoms with Crippen LogP contribution in [0.5, 0.6) is 0 Å². The van der Waals surface area contributed by atoms with Crippen LogP contribution in [0.4, 0.5) is 0 Å². The third-order valence-electron chi connectivity index (χ3n) is 2.28. The summed E-state index contributed by atoms with van der Waals surface area (Å²) in [4.78, 5) is 4.62. The van der Waals surface area contributed by atoms with Crippen LogP contribution in [0.3, 0.4) is 0 Å². The van der Waals surface area contributed by atoms with E-state index in [2.05, 4.69) is 62.5 Å². The zero-order valence-corrected chi connectivity index (χ0v) is 12.0. The van der Waals surface area contributed by atoms with Gasteiger partial charge in [0.2, 0.25) is 0 Å². The van der Waals surface area contributed by atoms with E-state index >= 15 is 0 Å². The molecule has 0 bridgehead atoms. The van der Waals surface area contributed by atoms with Gasteiger partial charge in [-0.15, -0.1) is 11.3 Å². The van der Waals surface area contributed by atoms with E-state index in [1.54, 1.807) is 11.3 Å². The van der Waals surface area contributed by atoms with Crippen LogP contribution in [0.2, 0.25) is 0 Å². The molecule has 0 saturated heterocycles. The van der Waals surface area contributed by atoms with Crippen molar-refractivity contribution < 1.29 is 0 Å². The summed E-state index contributed by atoms with van der Waals surface area (Å²) in [7, 11) is 1.97. The van der Waals surface area contributed by atoms with E-state index in [0.717, 1.165) is 18.7 Å². The van der Waals surface area contributed by atoms with Crippen molar-refractivity contribution in [3.05, 3.63) is 38.2 Å². The Morgan fingerprint density at radius 2 is 2.06 bits per heavy atom. The second-order valence-corrected chi connectivity index (χ2v) is 5.68. The van der Waals surface area contributed by atoms with Gasteiger partial charge in [-0.2, -0.15) is 0 Å². The molecule has 2 nitrogen and oxygen atoms in total. The lowest BCUT2D eigenvalue weighted by Gasteiger charge is -1.97. The monoisotopic (exact) mass is 344 g/mol. The second-order valence-electron chi connectivity index (χ2n) is 3.49. The summed E-state index contributed by atoms with van der Waals surface area (Å²) in [6.07, 6.45) is 1.01. The number of hydrogen-bond donors (Lipinski definition) is 1. The first-order valence-corrected chi connectivity index (χ1v) is 7.10. The van der Waals surface area contributed by atoms with E-state index in [1.165, 1.54) is 14.1 Å². The van der Waals surface area contributed by atoms with Crippen molar-refractivity contribution in [2.45, 2.75) is 6.42 Å². The van der Waals surface area contributed by atoms with Gasteiger partial charge in [0.05, 0.1) is 10.7 Å². The average molecular weight is 344 g/mol. The van der Waals surface area contributed by atoms with Gasteiger partial charge in [-0.25, -0.2) is 4.98 Å². The van der Waals surface area contributed by atoms with E-state index in [1.807, 2.05) is 7.05 Å². The maximum atomic E-state index is 4.62. The lowest BCUT2D eigenvalue weighted by molar-refractivity contribution is 0.788. The van der Waals surface area contributed by atoms with Crippen molar-refractivity contribution in [2.75, 3.05) is 13.6 Å². The molecule has 0 saturated carbocycles. The van der Waals surface area contributed by atoms with E-state index in [9.17, 15) is 0 Å². The van der Waals surface area contributed by atoms with Crippen molar-refractivity contribution in [2.24, 2.45) is 0 Å². The summed E-state index contributed by atoms with van der Waals surface area (Å²) in [6, 6.07) is 8.47. The molecule has 0 unspecified atom stereocenters.